The summed E-state index contributed by atoms with van der Waals surface area (Å²) in [7, 11) is 3.37. The van der Waals surface area contributed by atoms with E-state index in [1.54, 1.807) is 19.0 Å². The Bertz CT molecular complexity index is 1260. The summed E-state index contributed by atoms with van der Waals surface area (Å²) in [4.78, 5) is 49.8. The monoisotopic (exact) mass is 630 g/mol. The van der Waals surface area contributed by atoms with Gasteiger partial charge >= 0.3 is 0 Å². The van der Waals surface area contributed by atoms with Gasteiger partial charge in [-0.2, -0.15) is 0 Å². The van der Waals surface area contributed by atoms with Gasteiger partial charge in [0, 0.05) is 63.9 Å². The highest BCUT2D eigenvalue weighted by atomic mass is 19.1. The maximum atomic E-state index is 15.2. The van der Waals surface area contributed by atoms with Crippen molar-refractivity contribution in [1.82, 2.24) is 19.6 Å². The van der Waals surface area contributed by atoms with E-state index >= 15 is 4.39 Å². The summed E-state index contributed by atoms with van der Waals surface area (Å²) in [6.45, 7) is 12.3. The van der Waals surface area contributed by atoms with Gasteiger partial charge in [-0.25, -0.2) is 8.78 Å². The van der Waals surface area contributed by atoms with Crippen molar-refractivity contribution < 1.29 is 27.9 Å². The second kappa shape index (κ2) is 12.9. The van der Waals surface area contributed by atoms with Crippen LogP contribution in [0.2, 0.25) is 0 Å². The molecule has 1 saturated carbocycles. The Labute approximate surface area is 267 Å². The molecule has 0 radical (unpaired) electrons. The van der Waals surface area contributed by atoms with E-state index in [9.17, 15) is 18.8 Å². The van der Waals surface area contributed by atoms with Gasteiger partial charge in [-0.05, 0) is 82.8 Å². The number of hydrogen-bond donors (Lipinski definition) is 0. The van der Waals surface area contributed by atoms with Gasteiger partial charge in [0.25, 0.3) is 5.91 Å². The van der Waals surface area contributed by atoms with Crippen molar-refractivity contribution in [3.05, 3.63) is 35.4 Å². The molecule has 0 aromatic heterocycles. The lowest BCUT2D eigenvalue weighted by Crippen LogP contribution is -2.53. The zero-order chi connectivity index (χ0) is 32.8. The molecule has 1 aliphatic carbocycles. The van der Waals surface area contributed by atoms with Crippen molar-refractivity contribution in [1.29, 1.82) is 0 Å². The van der Waals surface area contributed by atoms with Crippen molar-refractivity contribution >= 4 is 17.7 Å². The molecule has 10 heteroatoms. The number of ether oxygens (including phenoxy) is 1. The molecule has 250 valence electrons. The minimum absolute atomic E-state index is 0.0220. The lowest BCUT2D eigenvalue weighted by atomic mass is 9.75. The minimum Gasteiger partial charge on any atom is -0.368 e. The first-order valence-electron chi connectivity index (χ1n) is 16.7. The van der Waals surface area contributed by atoms with Crippen LogP contribution in [0.15, 0.2) is 18.2 Å². The molecule has 45 heavy (non-hydrogen) atoms. The van der Waals surface area contributed by atoms with Crippen molar-refractivity contribution in [3.63, 3.8) is 0 Å². The van der Waals surface area contributed by atoms with Crippen molar-refractivity contribution in [2.45, 2.75) is 115 Å². The molecule has 3 heterocycles. The lowest BCUT2D eigenvalue weighted by Gasteiger charge is -2.43. The summed E-state index contributed by atoms with van der Waals surface area (Å²) in [5.41, 5.74) is 0.241. The number of benzene rings is 1. The second-order valence-corrected chi connectivity index (χ2v) is 15.7. The van der Waals surface area contributed by atoms with Crippen LogP contribution in [0.5, 0.6) is 0 Å². The minimum atomic E-state index is -0.736. The number of carbonyl (C=O) groups is 3. The molecule has 0 spiro atoms. The first-order valence-corrected chi connectivity index (χ1v) is 16.7. The Kier molecular flexibility index (Phi) is 9.68. The number of halogens is 2. The third-order valence-corrected chi connectivity index (χ3v) is 10.8. The third-order valence-electron chi connectivity index (χ3n) is 10.8. The third kappa shape index (κ3) is 7.07. The standard InChI is InChI=1S/C35H52F2N4O4/c1-34(2,3)39-20-26(25-11-10-22(36)17-28(25)37)27(21-39)31(42)40-19-24(18-29(40)32(43)38(6)7)41(33(44)30-9-8-16-45-30)23-12-14-35(4,5)15-13-23/h10-11,17,23-24,26-27,29-30H,8-9,12-16,18-21H2,1-7H3/t24-,26-,27+,29-,30-/m0/s1. The van der Waals surface area contributed by atoms with Gasteiger partial charge in [-0.1, -0.05) is 19.9 Å². The van der Waals surface area contributed by atoms with Gasteiger partial charge in [-0.15, -0.1) is 0 Å². The van der Waals surface area contributed by atoms with Gasteiger partial charge in [0.05, 0.1) is 12.0 Å². The van der Waals surface area contributed by atoms with Gasteiger partial charge in [0.1, 0.15) is 23.8 Å². The Hall–Kier alpha value is -2.59. The molecule has 0 unspecified atom stereocenters. The van der Waals surface area contributed by atoms with Gasteiger partial charge in [0.15, 0.2) is 0 Å². The molecular formula is C35H52F2N4O4. The molecule has 0 N–H and O–H groups in total. The lowest BCUT2D eigenvalue weighted by molar-refractivity contribution is -0.148. The van der Waals surface area contributed by atoms with Crippen LogP contribution < -0.4 is 0 Å². The molecule has 5 atom stereocenters. The topological polar surface area (TPSA) is 73.4 Å². The maximum absolute atomic E-state index is 15.2. The Balaban J connectivity index is 1.48. The summed E-state index contributed by atoms with van der Waals surface area (Å²) in [6.07, 6.45) is 5.12. The molecule has 3 amide bonds. The maximum Gasteiger partial charge on any atom is 0.252 e. The quantitative estimate of drug-likeness (QED) is 0.451. The van der Waals surface area contributed by atoms with E-state index in [0.29, 0.717) is 38.1 Å². The predicted octanol–water partition coefficient (Wildman–Crippen LogP) is 4.81. The SMILES string of the molecule is CN(C)C(=O)[C@@H]1C[C@H](N(C(=O)[C@@H]2CCCO2)C2CCC(C)(C)CC2)CN1C(=O)[C@@H]1CN(C(C)(C)C)C[C@H]1c1ccc(F)cc1F. The van der Waals surface area contributed by atoms with E-state index in [-0.39, 0.29) is 47.3 Å². The van der Waals surface area contributed by atoms with E-state index in [2.05, 4.69) is 39.5 Å². The molecular weight excluding hydrogens is 578 g/mol. The van der Waals surface area contributed by atoms with Crippen LogP contribution in [-0.4, -0.2) is 107 Å². The summed E-state index contributed by atoms with van der Waals surface area (Å²) in [6, 6.07) is 2.52. The van der Waals surface area contributed by atoms with Crippen LogP contribution in [0.25, 0.3) is 0 Å². The van der Waals surface area contributed by atoms with Crippen LogP contribution in [-0.2, 0) is 19.1 Å². The number of likely N-dealkylation sites (N-methyl/N-ethyl adjacent to an activating group) is 1. The summed E-state index contributed by atoms with van der Waals surface area (Å²) >= 11 is 0. The average molecular weight is 631 g/mol. The number of nitrogens with zero attached hydrogens (tertiary/aromatic N) is 4. The molecule has 4 fully saturated rings. The molecule has 0 bridgehead atoms. The van der Waals surface area contributed by atoms with Crippen LogP contribution >= 0.6 is 0 Å². The van der Waals surface area contributed by atoms with E-state index in [1.165, 1.54) is 17.0 Å². The zero-order valence-corrected chi connectivity index (χ0v) is 28.2. The molecule has 1 aromatic rings. The van der Waals surface area contributed by atoms with Crippen LogP contribution in [0.3, 0.4) is 0 Å². The zero-order valence-electron chi connectivity index (χ0n) is 28.2. The summed E-state index contributed by atoms with van der Waals surface area (Å²) in [5.74, 6) is -2.88. The van der Waals surface area contributed by atoms with Crippen LogP contribution in [0, 0.1) is 23.0 Å². The van der Waals surface area contributed by atoms with Gasteiger partial charge < -0.3 is 19.4 Å². The molecule has 8 nitrogen and oxygen atoms in total. The Morgan fingerprint density at radius 2 is 1.64 bits per heavy atom. The number of hydrogen-bond acceptors (Lipinski definition) is 5. The van der Waals surface area contributed by atoms with Crippen LogP contribution in [0.1, 0.15) is 91.0 Å². The summed E-state index contributed by atoms with van der Waals surface area (Å²) in [5, 5.41) is 0. The molecule has 1 aromatic carbocycles. The van der Waals surface area contributed by atoms with E-state index in [4.69, 9.17) is 4.74 Å². The number of carbonyl (C=O) groups excluding carboxylic acids is 3. The van der Waals surface area contributed by atoms with Crippen molar-refractivity contribution in [2.24, 2.45) is 11.3 Å². The van der Waals surface area contributed by atoms with Gasteiger partial charge in [-0.3, -0.25) is 19.3 Å². The molecule has 4 aliphatic rings. The highest BCUT2D eigenvalue weighted by Crippen LogP contribution is 2.42. The summed E-state index contributed by atoms with van der Waals surface area (Å²) < 4.78 is 35.0. The molecule has 5 rings (SSSR count). The fourth-order valence-electron chi connectivity index (χ4n) is 7.98. The normalized spacial score (nSPS) is 29.3. The van der Waals surface area contributed by atoms with Crippen LogP contribution in [0.4, 0.5) is 8.78 Å². The molecule has 3 aliphatic heterocycles. The first kappa shape index (κ1) is 33.8. The predicted molar refractivity (Wildman–Crippen MR) is 168 cm³/mol. The van der Waals surface area contributed by atoms with E-state index in [0.717, 1.165) is 38.2 Å². The average Bonchev–Trinajstić information content (AvgIpc) is 3.73. The Morgan fingerprint density at radius 1 is 0.956 bits per heavy atom. The highest BCUT2D eigenvalue weighted by Gasteiger charge is 2.51. The van der Waals surface area contributed by atoms with Crippen molar-refractivity contribution in [3.8, 4) is 0 Å². The number of rotatable bonds is 6. The first-order chi connectivity index (χ1) is 21.1. The highest BCUT2D eigenvalue weighted by molar-refractivity contribution is 5.90. The fraction of sp³-hybridized carbons (Fsp3) is 0.743. The Morgan fingerprint density at radius 3 is 2.22 bits per heavy atom. The second-order valence-electron chi connectivity index (χ2n) is 15.7. The fourth-order valence-corrected chi connectivity index (χ4v) is 7.98. The van der Waals surface area contributed by atoms with Gasteiger partial charge in [0.2, 0.25) is 11.8 Å². The molecule has 3 saturated heterocycles. The number of likely N-dealkylation sites (tertiary alicyclic amines) is 2. The smallest absolute Gasteiger partial charge is 0.252 e. The largest absolute Gasteiger partial charge is 0.368 e. The van der Waals surface area contributed by atoms with E-state index in [1.807, 2.05) is 4.90 Å². The number of amides is 3. The van der Waals surface area contributed by atoms with E-state index < -0.39 is 35.6 Å². The van der Waals surface area contributed by atoms with Crippen molar-refractivity contribution in [2.75, 3.05) is 40.3 Å².